The van der Waals surface area contributed by atoms with E-state index in [1.165, 1.54) is 11.3 Å². The second kappa shape index (κ2) is 5.97. The third-order valence-electron chi connectivity index (χ3n) is 4.51. The van der Waals surface area contributed by atoms with Crippen molar-refractivity contribution in [2.45, 2.75) is 39.8 Å². The number of likely N-dealkylation sites (tertiary alicyclic amines) is 1. The monoisotopic (exact) mass is 292 g/mol. The number of carbonyl (C=O) groups is 1. The van der Waals surface area contributed by atoms with Gasteiger partial charge in [-0.15, -0.1) is 0 Å². The van der Waals surface area contributed by atoms with Crippen molar-refractivity contribution in [1.29, 1.82) is 0 Å². The molecule has 1 aromatic rings. The Morgan fingerprint density at radius 3 is 2.57 bits per heavy atom. The zero-order chi connectivity index (χ0) is 15.6. The largest absolute Gasteiger partial charge is 0.480 e. The number of hydrogen-bond acceptors (Lipinski definition) is 5. The summed E-state index contributed by atoms with van der Waals surface area (Å²) in [7, 11) is 1.67. The fourth-order valence-electron chi connectivity index (χ4n) is 2.68. The summed E-state index contributed by atoms with van der Waals surface area (Å²) in [4.78, 5) is 23.2. The van der Waals surface area contributed by atoms with Crippen LogP contribution in [0.25, 0.3) is 0 Å². The number of carboxylic acids is 1. The zero-order valence-electron chi connectivity index (χ0n) is 13.2. The van der Waals surface area contributed by atoms with Crippen molar-refractivity contribution in [3.8, 4) is 0 Å². The lowest BCUT2D eigenvalue weighted by Crippen LogP contribution is -2.33. The first kappa shape index (κ1) is 15.7. The van der Waals surface area contributed by atoms with Gasteiger partial charge in [0.2, 0.25) is 5.95 Å². The van der Waals surface area contributed by atoms with Crippen molar-refractivity contribution in [2.24, 2.45) is 5.41 Å². The molecule has 1 unspecified atom stereocenters. The zero-order valence-corrected chi connectivity index (χ0v) is 13.2. The minimum atomic E-state index is -0.890. The minimum absolute atomic E-state index is 0.101. The van der Waals surface area contributed by atoms with Gasteiger partial charge in [0, 0.05) is 37.6 Å². The van der Waals surface area contributed by atoms with Gasteiger partial charge in [-0.3, -0.25) is 9.69 Å². The first-order chi connectivity index (χ1) is 9.79. The Hall–Kier alpha value is -1.69. The van der Waals surface area contributed by atoms with Gasteiger partial charge in [0.1, 0.15) is 6.54 Å². The Kier molecular flexibility index (Phi) is 4.46. The molecule has 2 rings (SSSR count). The molecular weight excluding hydrogens is 268 g/mol. The summed E-state index contributed by atoms with van der Waals surface area (Å²) in [5, 5.41) is 8.76. The third-order valence-corrected chi connectivity index (χ3v) is 4.51. The maximum absolute atomic E-state index is 10.7. The fourth-order valence-corrected chi connectivity index (χ4v) is 2.68. The van der Waals surface area contributed by atoms with Crippen LogP contribution in [0.2, 0.25) is 0 Å². The lowest BCUT2D eigenvalue weighted by molar-refractivity contribution is -0.135. The molecule has 1 aromatic heterocycles. The van der Waals surface area contributed by atoms with Gasteiger partial charge in [-0.25, -0.2) is 9.97 Å². The highest BCUT2D eigenvalue weighted by atomic mass is 16.4. The van der Waals surface area contributed by atoms with Gasteiger partial charge in [0.15, 0.2) is 0 Å². The highest BCUT2D eigenvalue weighted by molar-refractivity contribution is 5.72. The highest BCUT2D eigenvalue weighted by Gasteiger charge is 2.36. The Morgan fingerprint density at radius 2 is 2.10 bits per heavy atom. The number of hydrogen-bond donors (Lipinski definition) is 1. The summed E-state index contributed by atoms with van der Waals surface area (Å²) < 4.78 is 0. The van der Waals surface area contributed by atoms with E-state index in [-0.39, 0.29) is 6.54 Å². The summed E-state index contributed by atoms with van der Waals surface area (Å²) in [5.74, 6) is -0.450. The molecule has 1 aliphatic rings. The van der Waals surface area contributed by atoms with Crippen LogP contribution in [-0.4, -0.2) is 52.1 Å². The topological polar surface area (TPSA) is 69.6 Å². The Bertz CT molecular complexity index is 501. The molecule has 0 amide bonds. The standard InChI is InChI=1S/C15H24N4O2/c1-11-15(2,3)5-6-19(11)9-12-7-16-14(17-8-12)18(4)10-13(20)21/h7-8,11H,5-6,9-10H2,1-4H3,(H,20,21). The van der Waals surface area contributed by atoms with Crippen LogP contribution < -0.4 is 4.90 Å². The number of rotatable bonds is 5. The number of aromatic nitrogens is 2. The summed E-state index contributed by atoms with van der Waals surface area (Å²) >= 11 is 0. The molecule has 1 aliphatic heterocycles. The summed E-state index contributed by atoms with van der Waals surface area (Å²) in [6.45, 7) is 8.71. The van der Waals surface area contributed by atoms with Crippen molar-refractivity contribution < 1.29 is 9.90 Å². The van der Waals surface area contributed by atoms with Crippen molar-refractivity contribution in [1.82, 2.24) is 14.9 Å². The van der Waals surface area contributed by atoms with Crippen LogP contribution in [0.4, 0.5) is 5.95 Å². The predicted molar refractivity (Wildman–Crippen MR) is 81.2 cm³/mol. The van der Waals surface area contributed by atoms with Gasteiger partial charge < -0.3 is 10.0 Å². The fraction of sp³-hybridized carbons (Fsp3) is 0.667. The van der Waals surface area contributed by atoms with Crippen LogP contribution in [-0.2, 0) is 11.3 Å². The van der Waals surface area contributed by atoms with Crippen molar-refractivity contribution >= 4 is 11.9 Å². The number of aliphatic carboxylic acids is 1. The Labute approximate surface area is 125 Å². The van der Waals surface area contributed by atoms with Gasteiger partial charge in [0.25, 0.3) is 0 Å². The van der Waals surface area contributed by atoms with E-state index >= 15 is 0 Å². The van der Waals surface area contributed by atoms with Crippen LogP contribution in [0.3, 0.4) is 0 Å². The van der Waals surface area contributed by atoms with E-state index in [1.807, 2.05) is 0 Å². The molecule has 1 N–H and O–H groups in total. The molecule has 2 heterocycles. The molecule has 0 aromatic carbocycles. The molecule has 0 radical (unpaired) electrons. The van der Waals surface area contributed by atoms with Gasteiger partial charge in [-0.2, -0.15) is 0 Å². The molecule has 21 heavy (non-hydrogen) atoms. The van der Waals surface area contributed by atoms with E-state index < -0.39 is 5.97 Å². The van der Waals surface area contributed by atoms with Gasteiger partial charge in [-0.1, -0.05) is 13.8 Å². The minimum Gasteiger partial charge on any atom is -0.480 e. The Morgan fingerprint density at radius 1 is 1.48 bits per heavy atom. The summed E-state index contributed by atoms with van der Waals surface area (Å²) in [6.07, 6.45) is 4.78. The van der Waals surface area contributed by atoms with E-state index in [9.17, 15) is 4.79 Å². The molecule has 0 saturated carbocycles. The molecule has 116 valence electrons. The lowest BCUT2D eigenvalue weighted by atomic mass is 9.86. The van der Waals surface area contributed by atoms with E-state index in [4.69, 9.17) is 5.11 Å². The lowest BCUT2D eigenvalue weighted by Gasteiger charge is -2.29. The quantitative estimate of drug-likeness (QED) is 0.889. The molecule has 6 nitrogen and oxygen atoms in total. The second-order valence-corrected chi connectivity index (χ2v) is 6.53. The van der Waals surface area contributed by atoms with E-state index in [1.54, 1.807) is 19.4 Å². The van der Waals surface area contributed by atoms with E-state index in [0.29, 0.717) is 17.4 Å². The average Bonchev–Trinajstić information content (AvgIpc) is 2.66. The first-order valence-corrected chi connectivity index (χ1v) is 7.27. The molecule has 6 heteroatoms. The average molecular weight is 292 g/mol. The van der Waals surface area contributed by atoms with Crippen LogP contribution in [0, 0.1) is 5.41 Å². The molecular formula is C15H24N4O2. The predicted octanol–water partition coefficient (Wildman–Crippen LogP) is 1.62. The molecule has 0 bridgehead atoms. The van der Waals surface area contributed by atoms with E-state index in [2.05, 4.69) is 35.6 Å². The maximum Gasteiger partial charge on any atom is 0.323 e. The molecule has 1 fully saturated rings. The van der Waals surface area contributed by atoms with Crippen LogP contribution in [0.5, 0.6) is 0 Å². The number of anilines is 1. The highest BCUT2D eigenvalue weighted by Crippen LogP contribution is 2.36. The Balaban J connectivity index is 1.98. The first-order valence-electron chi connectivity index (χ1n) is 7.27. The molecule has 0 aliphatic carbocycles. The van der Waals surface area contributed by atoms with Crippen molar-refractivity contribution in [2.75, 3.05) is 25.0 Å². The van der Waals surface area contributed by atoms with Gasteiger partial charge in [0.05, 0.1) is 0 Å². The smallest absolute Gasteiger partial charge is 0.323 e. The summed E-state index contributed by atoms with van der Waals surface area (Å²) in [6, 6.07) is 0.534. The van der Waals surface area contributed by atoms with Crippen molar-refractivity contribution in [3.63, 3.8) is 0 Å². The van der Waals surface area contributed by atoms with Crippen LogP contribution >= 0.6 is 0 Å². The molecule has 0 spiro atoms. The molecule has 1 atom stereocenters. The third kappa shape index (κ3) is 3.69. The van der Waals surface area contributed by atoms with Crippen LogP contribution in [0.1, 0.15) is 32.8 Å². The molecule has 1 saturated heterocycles. The van der Waals surface area contributed by atoms with E-state index in [0.717, 1.165) is 18.7 Å². The van der Waals surface area contributed by atoms with Gasteiger partial charge in [-0.05, 0) is 25.3 Å². The number of likely N-dealkylation sites (N-methyl/N-ethyl adjacent to an activating group) is 1. The van der Waals surface area contributed by atoms with Gasteiger partial charge >= 0.3 is 5.97 Å². The van der Waals surface area contributed by atoms with Crippen LogP contribution in [0.15, 0.2) is 12.4 Å². The second-order valence-electron chi connectivity index (χ2n) is 6.53. The maximum atomic E-state index is 10.7. The number of nitrogens with zero attached hydrogens (tertiary/aromatic N) is 4. The summed E-state index contributed by atoms with van der Waals surface area (Å²) in [5.41, 5.74) is 1.41. The van der Waals surface area contributed by atoms with Crippen molar-refractivity contribution in [3.05, 3.63) is 18.0 Å². The SMILES string of the molecule is CC1N(Cc2cnc(N(C)CC(=O)O)nc2)CCC1(C)C. The normalized spacial score (nSPS) is 21.4. The number of carboxylic acid groups (broad SMARTS) is 1.